The van der Waals surface area contributed by atoms with Crippen molar-refractivity contribution in [3.63, 3.8) is 0 Å². The van der Waals surface area contributed by atoms with Gasteiger partial charge in [0.1, 0.15) is 5.69 Å². The number of nitrogens with zero attached hydrogens (tertiary/aromatic N) is 1. The van der Waals surface area contributed by atoms with Crippen molar-refractivity contribution < 1.29 is 4.92 Å². The molecule has 16 heavy (non-hydrogen) atoms. The molecule has 4 nitrogen and oxygen atoms in total. The summed E-state index contributed by atoms with van der Waals surface area (Å²) in [6.45, 7) is 4.06. The molecule has 0 amide bonds. The molecule has 0 heterocycles. The summed E-state index contributed by atoms with van der Waals surface area (Å²) in [7, 11) is 0. The van der Waals surface area contributed by atoms with Crippen molar-refractivity contribution >= 4 is 11.4 Å². The zero-order valence-corrected chi connectivity index (χ0v) is 9.62. The van der Waals surface area contributed by atoms with E-state index in [0.717, 1.165) is 18.4 Å². The molecule has 1 fully saturated rings. The molecule has 1 saturated carbocycles. The summed E-state index contributed by atoms with van der Waals surface area (Å²) in [6.07, 6.45) is 3.36. The Morgan fingerprint density at radius 1 is 1.44 bits per heavy atom. The standard InChI is InChI=1S/C12H16N2O2/c1-9-4-5-11(14(15)16)10(8-9)13-12(2)6-3-7-12/h4-5,8,13H,3,6-7H2,1-2H3. The molecule has 4 heteroatoms. The number of hydrogen-bond donors (Lipinski definition) is 1. The molecule has 0 spiro atoms. The van der Waals surface area contributed by atoms with E-state index in [2.05, 4.69) is 12.2 Å². The summed E-state index contributed by atoms with van der Waals surface area (Å²) in [4.78, 5) is 10.6. The minimum Gasteiger partial charge on any atom is -0.374 e. The van der Waals surface area contributed by atoms with E-state index in [1.165, 1.54) is 6.42 Å². The number of aryl methyl sites for hydroxylation is 1. The molecule has 0 atom stereocenters. The lowest BCUT2D eigenvalue weighted by Gasteiger charge is -2.39. The van der Waals surface area contributed by atoms with Crippen LogP contribution < -0.4 is 5.32 Å². The maximum absolute atomic E-state index is 10.9. The van der Waals surface area contributed by atoms with Crippen LogP contribution in [0.4, 0.5) is 11.4 Å². The molecular weight excluding hydrogens is 204 g/mol. The first-order valence-corrected chi connectivity index (χ1v) is 5.53. The quantitative estimate of drug-likeness (QED) is 0.628. The predicted octanol–water partition coefficient (Wildman–Crippen LogP) is 3.26. The molecule has 1 N–H and O–H groups in total. The highest BCUT2D eigenvalue weighted by molar-refractivity contribution is 5.64. The summed E-state index contributed by atoms with van der Waals surface area (Å²) in [5.41, 5.74) is 1.89. The van der Waals surface area contributed by atoms with E-state index in [0.29, 0.717) is 5.69 Å². The lowest BCUT2D eigenvalue weighted by molar-refractivity contribution is -0.384. The highest BCUT2D eigenvalue weighted by atomic mass is 16.6. The summed E-state index contributed by atoms with van der Waals surface area (Å²) < 4.78 is 0. The van der Waals surface area contributed by atoms with Gasteiger partial charge in [-0.05, 0) is 44.7 Å². The van der Waals surface area contributed by atoms with E-state index in [9.17, 15) is 10.1 Å². The summed E-state index contributed by atoms with van der Waals surface area (Å²) in [6, 6.07) is 5.19. The largest absolute Gasteiger partial charge is 0.374 e. The van der Waals surface area contributed by atoms with Gasteiger partial charge in [-0.1, -0.05) is 6.07 Å². The number of nitrogens with one attached hydrogen (secondary N) is 1. The maximum atomic E-state index is 10.9. The first kappa shape index (κ1) is 10.9. The lowest BCUT2D eigenvalue weighted by Crippen LogP contribution is -2.41. The SMILES string of the molecule is Cc1ccc([N+](=O)[O-])c(NC2(C)CCC2)c1. The Balaban J connectivity index is 2.30. The molecule has 0 aliphatic heterocycles. The van der Waals surface area contributed by atoms with Crippen molar-refractivity contribution in [3.05, 3.63) is 33.9 Å². The van der Waals surface area contributed by atoms with Gasteiger partial charge in [0.2, 0.25) is 0 Å². The third kappa shape index (κ3) is 2.01. The Morgan fingerprint density at radius 3 is 2.62 bits per heavy atom. The van der Waals surface area contributed by atoms with Gasteiger partial charge in [0, 0.05) is 11.6 Å². The Kier molecular flexibility index (Phi) is 2.58. The summed E-state index contributed by atoms with van der Waals surface area (Å²) >= 11 is 0. The Hall–Kier alpha value is -1.58. The number of nitro groups is 1. The summed E-state index contributed by atoms with van der Waals surface area (Å²) in [5, 5.41) is 14.2. The van der Waals surface area contributed by atoms with E-state index in [-0.39, 0.29) is 16.1 Å². The molecule has 1 aliphatic carbocycles. The molecule has 0 saturated heterocycles. The van der Waals surface area contributed by atoms with Gasteiger partial charge in [0.25, 0.3) is 5.69 Å². The normalized spacial score (nSPS) is 17.6. The van der Waals surface area contributed by atoms with Crippen LogP contribution in [0.25, 0.3) is 0 Å². The average Bonchev–Trinajstić information content (AvgIpc) is 2.15. The number of nitro benzene ring substituents is 1. The van der Waals surface area contributed by atoms with Gasteiger partial charge in [-0.15, -0.1) is 0 Å². The first-order chi connectivity index (χ1) is 7.50. The van der Waals surface area contributed by atoms with Gasteiger partial charge in [-0.25, -0.2) is 0 Å². The van der Waals surface area contributed by atoms with Crippen molar-refractivity contribution in [1.29, 1.82) is 0 Å². The van der Waals surface area contributed by atoms with Gasteiger partial charge < -0.3 is 5.32 Å². The van der Waals surface area contributed by atoms with Crippen molar-refractivity contribution in [2.45, 2.75) is 38.6 Å². The molecule has 0 bridgehead atoms. The number of anilines is 1. The third-order valence-electron chi connectivity index (χ3n) is 3.24. The fourth-order valence-electron chi connectivity index (χ4n) is 2.07. The van der Waals surface area contributed by atoms with Gasteiger partial charge >= 0.3 is 0 Å². The third-order valence-corrected chi connectivity index (χ3v) is 3.24. The molecule has 0 aromatic heterocycles. The number of hydrogen-bond acceptors (Lipinski definition) is 3. The van der Waals surface area contributed by atoms with Crippen LogP contribution in [-0.4, -0.2) is 10.5 Å². The first-order valence-electron chi connectivity index (χ1n) is 5.53. The highest BCUT2D eigenvalue weighted by Gasteiger charge is 2.33. The van der Waals surface area contributed by atoms with Crippen molar-refractivity contribution in [2.24, 2.45) is 0 Å². The van der Waals surface area contributed by atoms with Crippen LogP contribution in [-0.2, 0) is 0 Å². The molecular formula is C12H16N2O2. The highest BCUT2D eigenvalue weighted by Crippen LogP contribution is 2.37. The predicted molar refractivity (Wildman–Crippen MR) is 63.7 cm³/mol. The topological polar surface area (TPSA) is 55.2 Å². The van der Waals surface area contributed by atoms with Crippen LogP contribution in [0.5, 0.6) is 0 Å². The molecule has 0 unspecified atom stereocenters. The smallest absolute Gasteiger partial charge is 0.292 e. The molecule has 1 aromatic rings. The van der Waals surface area contributed by atoms with Gasteiger partial charge in [-0.2, -0.15) is 0 Å². The second-order valence-electron chi connectivity index (χ2n) is 4.82. The van der Waals surface area contributed by atoms with E-state index in [4.69, 9.17) is 0 Å². The van der Waals surface area contributed by atoms with Crippen LogP contribution >= 0.6 is 0 Å². The number of benzene rings is 1. The second-order valence-corrected chi connectivity index (χ2v) is 4.82. The van der Waals surface area contributed by atoms with Gasteiger partial charge in [-0.3, -0.25) is 10.1 Å². The van der Waals surface area contributed by atoms with Crippen molar-refractivity contribution in [3.8, 4) is 0 Å². The van der Waals surface area contributed by atoms with E-state index in [1.54, 1.807) is 12.1 Å². The van der Waals surface area contributed by atoms with Crippen LogP contribution in [0.2, 0.25) is 0 Å². The zero-order chi connectivity index (χ0) is 11.8. The van der Waals surface area contributed by atoms with Crippen molar-refractivity contribution in [2.75, 3.05) is 5.32 Å². The zero-order valence-electron chi connectivity index (χ0n) is 9.62. The van der Waals surface area contributed by atoms with E-state index >= 15 is 0 Å². The minimum atomic E-state index is -0.330. The minimum absolute atomic E-state index is 0.0402. The van der Waals surface area contributed by atoms with Crippen LogP contribution in [0, 0.1) is 17.0 Å². The fourth-order valence-corrected chi connectivity index (χ4v) is 2.07. The Labute approximate surface area is 94.8 Å². The van der Waals surface area contributed by atoms with Crippen molar-refractivity contribution in [1.82, 2.24) is 0 Å². The van der Waals surface area contributed by atoms with Crippen LogP contribution in [0.1, 0.15) is 31.7 Å². The number of rotatable bonds is 3. The Bertz CT molecular complexity index is 425. The van der Waals surface area contributed by atoms with E-state index < -0.39 is 0 Å². The van der Waals surface area contributed by atoms with Crippen LogP contribution in [0.3, 0.4) is 0 Å². The monoisotopic (exact) mass is 220 g/mol. The molecule has 1 aromatic carbocycles. The fraction of sp³-hybridized carbons (Fsp3) is 0.500. The average molecular weight is 220 g/mol. The summed E-state index contributed by atoms with van der Waals surface area (Å²) in [5.74, 6) is 0. The maximum Gasteiger partial charge on any atom is 0.292 e. The Morgan fingerprint density at radius 2 is 2.12 bits per heavy atom. The molecule has 0 radical (unpaired) electrons. The molecule has 2 rings (SSSR count). The second kappa shape index (κ2) is 3.77. The van der Waals surface area contributed by atoms with E-state index in [1.807, 2.05) is 13.0 Å². The van der Waals surface area contributed by atoms with Gasteiger partial charge in [0.05, 0.1) is 4.92 Å². The molecule has 86 valence electrons. The van der Waals surface area contributed by atoms with Gasteiger partial charge in [0.15, 0.2) is 0 Å². The molecule has 1 aliphatic rings. The van der Waals surface area contributed by atoms with Crippen LogP contribution in [0.15, 0.2) is 18.2 Å². The lowest BCUT2D eigenvalue weighted by atomic mass is 9.78.